The average molecular weight is 357 g/mol. The zero-order valence-corrected chi connectivity index (χ0v) is 12.9. The van der Waals surface area contributed by atoms with E-state index in [9.17, 15) is 30.0 Å². The van der Waals surface area contributed by atoms with Gasteiger partial charge in [-0.1, -0.05) is 6.07 Å². The number of hydrogen-bond donors (Lipinski definition) is 1. The van der Waals surface area contributed by atoms with E-state index in [1.54, 1.807) is 0 Å². The molecule has 22 heavy (non-hydrogen) atoms. The second-order valence-electron chi connectivity index (χ2n) is 5.15. The predicted molar refractivity (Wildman–Crippen MR) is 73.4 cm³/mol. The Morgan fingerprint density at radius 3 is 2.50 bits per heavy atom. The molecule has 10 heteroatoms. The molecule has 1 atom stereocenters. The van der Waals surface area contributed by atoms with Crippen LogP contribution in [0.4, 0.5) is 13.2 Å². The fourth-order valence-electron chi connectivity index (χ4n) is 2.18. The van der Waals surface area contributed by atoms with E-state index in [-0.39, 0.29) is 24.0 Å². The molecule has 124 valence electrons. The van der Waals surface area contributed by atoms with Crippen LogP contribution in [-0.4, -0.2) is 34.9 Å². The summed E-state index contributed by atoms with van der Waals surface area (Å²) in [7, 11) is -7.25. The number of sulfonamides is 1. The molecule has 0 aromatic heterocycles. The van der Waals surface area contributed by atoms with Crippen molar-refractivity contribution in [2.45, 2.75) is 17.5 Å². The molecule has 2 rings (SSSR count). The van der Waals surface area contributed by atoms with Crippen molar-refractivity contribution < 1.29 is 30.0 Å². The second-order valence-corrected chi connectivity index (χ2v) is 9.14. The first-order chi connectivity index (χ1) is 10.00. The van der Waals surface area contributed by atoms with Crippen LogP contribution >= 0.6 is 0 Å². The summed E-state index contributed by atoms with van der Waals surface area (Å²) in [6, 6.07) is 3.40. The number of alkyl halides is 3. The Labute approximate surface area is 126 Å². The molecule has 1 fully saturated rings. The number of nitrogens with one attached hydrogen (secondary N) is 1. The summed E-state index contributed by atoms with van der Waals surface area (Å²) >= 11 is 0. The van der Waals surface area contributed by atoms with Crippen molar-refractivity contribution in [3.63, 3.8) is 0 Å². The molecule has 1 unspecified atom stereocenters. The summed E-state index contributed by atoms with van der Waals surface area (Å²) in [6.07, 6.45) is -4.29. The average Bonchev–Trinajstić information content (AvgIpc) is 2.75. The minimum atomic E-state index is -4.63. The minimum Gasteiger partial charge on any atom is -0.229 e. The zero-order valence-electron chi connectivity index (χ0n) is 11.3. The van der Waals surface area contributed by atoms with E-state index in [2.05, 4.69) is 4.72 Å². The lowest BCUT2D eigenvalue weighted by Crippen LogP contribution is -2.30. The summed E-state index contributed by atoms with van der Waals surface area (Å²) in [4.78, 5) is -0.497. The molecule has 0 aliphatic carbocycles. The van der Waals surface area contributed by atoms with Gasteiger partial charge in [0.25, 0.3) is 0 Å². The quantitative estimate of drug-likeness (QED) is 0.884. The van der Waals surface area contributed by atoms with Crippen LogP contribution in [0.3, 0.4) is 0 Å². The molecule has 0 saturated carbocycles. The fourth-order valence-corrected chi connectivity index (χ4v) is 5.21. The Morgan fingerprint density at radius 2 is 1.95 bits per heavy atom. The highest BCUT2D eigenvalue weighted by atomic mass is 32.2. The van der Waals surface area contributed by atoms with Crippen molar-refractivity contribution in [1.82, 2.24) is 4.72 Å². The molecule has 1 saturated heterocycles. The summed E-state index contributed by atoms with van der Waals surface area (Å²) in [5.74, 6) is -0.466. The van der Waals surface area contributed by atoms with E-state index < -0.39 is 36.5 Å². The van der Waals surface area contributed by atoms with Crippen molar-refractivity contribution >= 4 is 19.9 Å². The molecule has 0 spiro atoms. The molecule has 0 bridgehead atoms. The Hall–Kier alpha value is -1.13. The summed E-state index contributed by atoms with van der Waals surface area (Å²) in [6.45, 7) is -0.113. The third-order valence-corrected chi connectivity index (χ3v) is 6.62. The topological polar surface area (TPSA) is 80.3 Å². The highest BCUT2D eigenvalue weighted by Crippen LogP contribution is 2.30. The van der Waals surface area contributed by atoms with Crippen LogP contribution < -0.4 is 4.72 Å². The number of rotatable bonds is 4. The molecule has 1 N–H and O–H groups in total. The van der Waals surface area contributed by atoms with Gasteiger partial charge in [-0.15, -0.1) is 0 Å². The molecule has 0 amide bonds. The Morgan fingerprint density at radius 1 is 1.27 bits per heavy atom. The first kappa shape index (κ1) is 17.2. The highest BCUT2D eigenvalue weighted by molar-refractivity contribution is 7.91. The molecule has 5 nitrogen and oxygen atoms in total. The van der Waals surface area contributed by atoms with E-state index in [0.29, 0.717) is 12.5 Å². The maximum absolute atomic E-state index is 12.6. The summed E-state index contributed by atoms with van der Waals surface area (Å²) < 4.78 is 86.5. The van der Waals surface area contributed by atoms with Gasteiger partial charge in [-0.2, -0.15) is 13.2 Å². The van der Waals surface area contributed by atoms with Crippen molar-refractivity contribution in [1.29, 1.82) is 0 Å². The normalized spacial score (nSPS) is 21.9. The number of benzene rings is 1. The zero-order chi connectivity index (χ0) is 16.6. The van der Waals surface area contributed by atoms with Gasteiger partial charge >= 0.3 is 6.18 Å². The Bertz CT molecular complexity index is 757. The van der Waals surface area contributed by atoms with Crippen LogP contribution in [0.1, 0.15) is 12.0 Å². The van der Waals surface area contributed by atoms with Crippen molar-refractivity contribution in [2.75, 3.05) is 18.1 Å². The van der Waals surface area contributed by atoms with Crippen molar-refractivity contribution in [3.8, 4) is 0 Å². The number of hydrogen-bond acceptors (Lipinski definition) is 4. The van der Waals surface area contributed by atoms with Crippen LogP contribution in [0.15, 0.2) is 29.2 Å². The fraction of sp³-hybridized carbons (Fsp3) is 0.500. The second kappa shape index (κ2) is 5.82. The number of halogens is 3. The van der Waals surface area contributed by atoms with E-state index in [1.807, 2.05) is 0 Å². The maximum Gasteiger partial charge on any atom is 0.416 e. The van der Waals surface area contributed by atoms with Crippen LogP contribution in [0.25, 0.3) is 0 Å². The van der Waals surface area contributed by atoms with Crippen LogP contribution in [0.5, 0.6) is 0 Å². The Kier molecular flexibility index (Phi) is 4.56. The molecule has 1 aliphatic heterocycles. The third kappa shape index (κ3) is 4.20. The smallest absolute Gasteiger partial charge is 0.229 e. The molecule has 1 aliphatic rings. The highest BCUT2D eigenvalue weighted by Gasteiger charge is 2.32. The van der Waals surface area contributed by atoms with Crippen LogP contribution in [0, 0.1) is 5.92 Å². The van der Waals surface area contributed by atoms with Gasteiger partial charge in [-0.05, 0) is 30.5 Å². The summed E-state index contributed by atoms with van der Waals surface area (Å²) in [5, 5.41) is 0. The molecular formula is C12H14F3NO4S2. The van der Waals surface area contributed by atoms with Gasteiger partial charge < -0.3 is 0 Å². The van der Waals surface area contributed by atoms with Gasteiger partial charge in [-0.3, -0.25) is 0 Å². The predicted octanol–water partition coefficient (Wildman–Crippen LogP) is 1.42. The Balaban J connectivity index is 2.11. The SMILES string of the molecule is O=S1(=O)CCC(CNS(=O)(=O)c2cccc(C(F)(F)F)c2)C1. The van der Waals surface area contributed by atoms with Crippen LogP contribution in [-0.2, 0) is 26.0 Å². The van der Waals surface area contributed by atoms with E-state index >= 15 is 0 Å². The lowest BCUT2D eigenvalue weighted by Gasteiger charge is -2.12. The summed E-state index contributed by atoms with van der Waals surface area (Å²) in [5.41, 5.74) is -1.06. The van der Waals surface area contributed by atoms with Crippen molar-refractivity contribution in [3.05, 3.63) is 29.8 Å². The molecule has 0 radical (unpaired) electrons. The van der Waals surface area contributed by atoms with E-state index in [4.69, 9.17) is 0 Å². The number of sulfone groups is 1. The monoisotopic (exact) mass is 357 g/mol. The third-order valence-electron chi connectivity index (χ3n) is 3.36. The standard InChI is InChI=1S/C12H14F3NO4S2/c13-12(14,15)10-2-1-3-11(6-10)22(19,20)16-7-9-4-5-21(17,18)8-9/h1-3,6,9,16H,4-5,7-8H2. The van der Waals surface area contributed by atoms with E-state index in [0.717, 1.165) is 18.2 Å². The van der Waals surface area contributed by atoms with Gasteiger partial charge in [0.15, 0.2) is 9.84 Å². The van der Waals surface area contributed by atoms with Crippen LogP contribution in [0.2, 0.25) is 0 Å². The molecule has 1 aromatic rings. The van der Waals surface area contributed by atoms with Gasteiger partial charge in [0, 0.05) is 6.54 Å². The van der Waals surface area contributed by atoms with Gasteiger partial charge in [0.05, 0.1) is 22.0 Å². The van der Waals surface area contributed by atoms with Gasteiger partial charge in [-0.25, -0.2) is 21.6 Å². The molecule has 1 heterocycles. The maximum atomic E-state index is 12.6. The first-order valence-corrected chi connectivity index (χ1v) is 9.67. The first-order valence-electron chi connectivity index (χ1n) is 6.37. The lowest BCUT2D eigenvalue weighted by molar-refractivity contribution is -0.137. The van der Waals surface area contributed by atoms with Gasteiger partial charge in [0.1, 0.15) is 0 Å². The molecule has 1 aromatic carbocycles. The lowest BCUT2D eigenvalue weighted by atomic mass is 10.1. The van der Waals surface area contributed by atoms with E-state index in [1.165, 1.54) is 0 Å². The largest absolute Gasteiger partial charge is 0.416 e. The minimum absolute atomic E-state index is 0.00293. The van der Waals surface area contributed by atoms with Gasteiger partial charge in [0.2, 0.25) is 10.0 Å². The van der Waals surface area contributed by atoms with Crippen molar-refractivity contribution in [2.24, 2.45) is 5.92 Å². The molecular weight excluding hydrogens is 343 g/mol.